The molecule has 18 N–H and O–H groups in total. The summed E-state index contributed by atoms with van der Waals surface area (Å²) in [4.78, 5) is 0. The fourth-order valence-corrected chi connectivity index (χ4v) is 0. The van der Waals surface area contributed by atoms with Crippen molar-refractivity contribution >= 4 is 0 Å². The zero-order valence-corrected chi connectivity index (χ0v) is 4.09. The second-order valence-corrected chi connectivity index (χ2v) is 0. The second kappa shape index (κ2) is 2270. The molecule has 0 saturated heterocycles. The Morgan fingerprint density at radius 1 is 1.43 bits per heavy atom. The van der Waals surface area contributed by atoms with E-state index < -0.39 is 0 Å². The van der Waals surface area contributed by atoms with E-state index in [1.165, 1.54) is 6.14 Å². The lowest BCUT2D eigenvalue weighted by molar-refractivity contribution is 2.13. The number of hydrogen-bond acceptors (Lipinski definition) is 6. The lowest BCUT2D eigenvalue weighted by atomic mass is 12.0. The van der Waals surface area contributed by atoms with Crippen LogP contribution in [0.5, 0.6) is 0 Å². The molecule has 0 aromatic carbocycles. The Balaban J connectivity index is -0.00000000506. The molecule has 0 spiro atoms. The fraction of sp³-hybridized carbons (Fsp3) is 1.00. The molecule has 72 valence electrons. The van der Waals surface area contributed by atoms with Crippen LogP contribution in [-0.4, -0.2) is 0 Å². The normalized spacial score (nSPS) is 15.3. The summed E-state index contributed by atoms with van der Waals surface area (Å²) < 4.78 is 89.2. The van der Waals surface area contributed by atoms with Gasteiger partial charge in [0.25, 0.3) is 0 Å². The molecule has 0 aliphatic rings. The van der Waals surface area contributed by atoms with Crippen LogP contribution >= 0.6 is 0 Å². The highest BCUT2D eigenvalue weighted by Gasteiger charge is -0.0775. The maximum Gasteiger partial charge on any atom is 0.115 e. The van der Waals surface area contributed by atoms with Gasteiger partial charge in [0.05, 0.1) is 0 Å². The number of rotatable bonds is 0. The van der Waals surface area contributed by atoms with Crippen LogP contribution in [0.15, 0.2) is 0 Å². The molecular weight excluding hydrogens is 96.1 g/mol. The van der Waals surface area contributed by atoms with Crippen molar-refractivity contribution in [2.45, 2.75) is 7.38 Å². The topological polar surface area (TPSA) is 210 Å². The first-order chi connectivity index (χ1) is 11.8. The van der Waals surface area contributed by atoms with Crippen molar-refractivity contribution < 1.29 is 30.2 Å². The van der Waals surface area contributed by atoms with Crippen LogP contribution in [0.4, 0.5) is 0 Å². The van der Waals surface area contributed by atoms with Gasteiger partial charge in [-0.3, -0.25) is 0 Å². The van der Waals surface area contributed by atoms with Gasteiger partial charge in [-0.25, -0.2) is 0 Å². The Bertz CT molecular complexity index is 28.9. The van der Waals surface area contributed by atoms with E-state index in [2.05, 4.69) is 30.7 Å². The van der Waals surface area contributed by atoms with E-state index in [1.807, 2.05) is 0 Å². The first kappa shape index (κ1) is 1.38. The van der Waals surface area contributed by atoms with Gasteiger partial charge in [0.15, 0.2) is 0 Å². The Kier molecular flexibility index (Phi) is 446. The molecule has 6 heteroatoms. The molecule has 7 heavy (non-hydrogen) atoms. The van der Waals surface area contributed by atoms with Crippen molar-refractivity contribution in [3.05, 3.63) is 0 Å². The minimum Gasteiger partial charge on any atom is -0.344 e. The predicted octanol–water partition coefficient (Wildman–Crippen LogP) is 3.58. The van der Waals surface area contributed by atoms with Crippen molar-refractivity contribution in [2.24, 2.45) is 0 Å². The molecule has 0 heterocycles. The van der Waals surface area contributed by atoms with Gasteiger partial charge in [-0.1, -0.05) is 7.38 Å². The van der Waals surface area contributed by atoms with Gasteiger partial charge < -0.3 is 36.9 Å². The molecular formula is CH38N6. The molecule has 0 bridgehead atoms. The standard InChI is InChI=1S/CH4.6H3N.8H2/h1H4;6*1H3;8*1H/i1D2;;;;;;;4*1+1D;4*1+1/hD7. The molecule has 6 nitrogen and oxygen atoms in total. The molecule has 0 aliphatic heterocycles. The smallest absolute Gasteiger partial charge is 0.115 e. The lowest BCUT2D eigenvalue weighted by Crippen LogP contribution is -0.482. The van der Waals surface area contributed by atoms with Crippen LogP contribution in [-0.2, 0) is 0 Å². The molecule has 0 aromatic heterocycles. The maximum atomic E-state index is 5.88. The first-order valence-electron chi connectivity index (χ1n) is 9.30. The van der Waals surface area contributed by atoms with Gasteiger partial charge in [0.2, 0.25) is 0 Å². The highest BCUT2D eigenvalue weighted by atomic mass is 14.0. The summed E-state index contributed by atoms with van der Waals surface area (Å²) in [5.41, 5.74) is 0. The third kappa shape index (κ3) is 1410. The SMILES string of the molecule is [2HH].[2HH].[2HH].[2HH].[2H]C[2H].[2H]N.[2H]N.[2H]N.[2H]N.[2H]N.[2H]N[2H].[2H][2H].[2H][2H].[2H][2H].[2H][2H]. The molecule has 0 fully saturated rings. The zero-order valence-electron chi connectivity index (χ0n) is 21.1. The highest BCUT2D eigenvalue weighted by Crippen LogP contribution is 0.144. The van der Waals surface area contributed by atoms with E-state index in [0.29, 0.717) is 0 Å². The largest absolute Gasteiger partial charge is 0.344 e. The molecule has 0 aromatic rings. The predicted molar refractivity (Wildman–Crippen MR) is 53.8 cm³/mol. The highest BCUT2D eigenvalue weighted by molar-refractivity contribution is 2.50. The lowest BCUT2D eigenvalue weighted by Gasteiger charge is -0.345. The summed E-state index contributed by atoms with van der Waals surface area (Å²) >= 11 is 0. The van der Waals surface area contributed by atoms with Gasteiger partial charge in [0, 0.05) is 20.3 Å². The molecule has 0 amide bonds. The van der Waals surface area contributed by atoms with Gasteiger partial charge in [-0.15, -0.1) is 0 Å². The average Bonchev–Trinajstić information content (AvgIpc) is 2.76. The van der Waals surface area contributed by atoms with Gasteiger partial charge in [0.1, 0.15) is 9.88 Å². The molecule has 0 rings (SSSR count). The zero-order chi connectivity index (χ0) is 23.4. The van der Waals surface area contributed by atoms with E-state index in [1.54, 1.807) is 0 Å². The summed E-state index contributed by atoms with van der Waals surface area (Å²) in [5, 5.41) is 0. The Labute approximate surface area is 76.9 Å². The van der Waals surface area contributed by atoms with E-state index in [-0.39, 0.29) is 13.1 Å². The van der Waals surface area contributed by atoms with Crippen LogP contribution in [0.1, 0.15) is 27.7 Å². The average molecular weight is 155 g/mol. The maximum absolute atomic E-state index is 5.88. The van der Waals surface area contributed by atoms with Crippen LogP contribution in [0.25, 0.3) is 0 Å². The summed E-state index contributed by atoms with van der Waals surface area (Å²) in [6.45, 7) is 0. The Morgan fingerprint density at radius 2 is 1.43 bits per heavy atom. The quantitative estimate of drug-likeness (QED) is 0.307. The Hall–Kier alpha value is -0.240. The summed E-state index contributed by atoms with van der Waals surface area (Å²) in [6.07, 6.45) is 20.0. The van der Waals surface area contributed by atoms with Gasteiger partial charge in [-0.2, -0.15) is 0 Å². The van der Waals surface area contributed by atoms with Crippen LogP contribution < -0.4 is 36.9 Å². The van der Waals surface area contributed by atoms with E-state index in [0.717, 1.165) is 0 Å². The van der Waals surface area contributed by atoms with Crippen LogP contribution in [0.2, 0.25) is 9.88 Å². The van der Waals surface area contributed by atoms with Crippen molar-refractivity contribution in [1.82, 2.24) is 36.9 Å². The molecule has 0 aliphatic carbocycles. The van der Waals surface area contributed by atoms with Gasteiger partial charge in [-0.05, 0) is 0 Å². The third-order valence-corrected chi connectivity index (χ3v) is 0. The molecule has 0 radical (unpaired) electrons. The minimum absolute atomic E-state index is 0. The monoisotopic (exact) mass is 155 g/mol. The van der Waals surface area contributed by atoms with E-state index in [4.69, 9.17) is 24.5 Å². The number of hydrogen-bond donors (Lipinski definition) is 6. The Morgan fingerprint density at radius 3 is 1.43 bits per heavy atom. The van der Waals surface area contributed by atoms with Crippen LogP contribution in [0, 0.1) is 0 Å². The molecule has 0 atom stereocenters. The second-order valence-electron chi connectivity index (χ2n) is 0. The van der Waals surface area contributed by atoms with Gasteiger partial charge >= 0.3 is 0 Å². The fourth-order valence-electron chi connectivity index (χ4n) is 0. The van der Waals surface area contributed by atoms with E-state index >= 15 is 0 Å². The van der Waals surface area contributed by atoms with Crippen molar-refractivity contribution in [2.75, 3.05) is 0 Å². The van der Waals surface area contributed by atoms with Crippen molar-refractivity contribution in [3.63, 3.8) is 0 Å². The summed E-state index contributed by atoms with van der Waals surface area (Å²) in [7, 11) is -0.250. The van der Waals surface area contributed by atoms with Crippen LogP contribution in [0.3, 0.4) is 0 Å². The first-order valence-corrected chi connectivity index (χ1v) is 0. The van der Waals surface area contributed by atoms with Crippen molar-refractivity contribution in [1.29, 1.82) is 0 Å². The van der Waals surface area contributed by atoms with Crippen molar-refractivity contribution in [3.8, 4) is 0 Å². The molecule has 0 unspecified atom stereocenters. The van der Waals surface area contributed by atoms with E-state index in [9.17, 15) is 0 Å². The summed E-state index contributed by atoms with van der Waals surface area (Å²) in [6, 6.07) is 0. The molecule has 0 saturated carbocycles. The summed E-state index contributed by atoms with van der Waals surface area (Å²) in [5.74, 6) is 0. The third-order valence-electron chi connectivity index (χ3n) is 0. The minimum atomic E-state index is -0.250.